The van der Waals surface area contributed by atoms with Crippen molar-refractivity contribution in [3.63, 3.8) is 0 Å². The lowest BCUT2D eigenvalue weighted by Gasteiger charge is -2.34. The summed E-state index contributed by atoms with van der Waals surface area (Å²) in [7, 11) is 0. The van der Waals surface area contributed by atoms with E-state index in [1.54, 1.807) is 6.08 Å². The first kappa shape index (κ1) is 17.3. The van der Waals surface area contributed by atoms with Crippen LogP contribution in [-0.2, 0) is 11.2 Å². The Kier molecular flexibility index (Phi) is 4.88. The molecule has 2 heteroatoms. The van der Waals surface area contributed by atoms with E-state index < -0.39 is 5.97 Å². The monoisotopic (exact) mass is 354 g/mol. The van der Waals surface area contributed by atoms with E-state index in [1.807, 2.05) is 12.1 Å². The van der Waals surface area contributed by atoms with Crippen LogP contribution in [0.25, 0.3) is 6.08 Å². The quantitative estimate of drug-likeness (QED) is 0.615. The molecule has 3 aromatic rings. The molecule has 0 heterocycles. The average molecular weight is 354 g/mol. The summed E-state index contributed by atoms with van der Waals surface area (Å²) in [6.45, 7) is 0. The molecule has 4 rings (SSSR count). The fourth-order valence-electron chi connectivity index (χ4n) is 4.21. The van der Waals surface area contributed by atoms with E-state index in [0.717, 1.165) is 18.4 Å². The van der Waals surface area contributed by atoms with Gasteiger partial charge >= 0.3 is 5.97 Å². The maximum atomic E-state index is 10.7. The molecule has 0 bridgehead atoms. The second kappa shape index (κ2) is 7.63. The molecule has 0 spiro atoms. The van der Waals surface area contributed by atoms with E-state index in [4.69, 9.17) is 5.11 Å². The number of hydrogen-bond donors (Lipinski definition) is 1. The van der Waals surface area contributed by atoms with Gasteiger partial charge in [0.15, 0.2) is 0 Å². The first-order valence-corrected chi connectivity index (χ1v) is 9.36. The summed E-state index contributed by atoms with van der Waals surface area (Å²) in [5.74, 6) is -0.166. The maximum absolute atomic E-state index is 10.7. The molecule has 1 N–H and O–H groups in total. The molecule has 0 aliphatic heterocycles. The van der Waals surface area contributed by atoms with E-state index in [1.165, 1.54) is 28.3 Å². The Morgan fingerprint density at radius 1 is 0.852 bits per heavy atom. The number of benzene rings is 3. The molecule has 2 nitrogen and oxygen atoms in total. The highest BCUT2D eigenvalue weighted by molar-refractivity contribution is 5.85. The smallest absolute Gasteiger partial charge is 0.328 e. The molecule has 0 amide bonds. The van der Waals surface area contributed by atoms with Crippen LogP contribution in [0, 0.1) is 0 Å². The van der Waals surface area contributed by atoms with Crippen LogP contribution in [0.2, 0.25) is 0 Å². The zero-order valence-electron chi connectivity index (χ0n) is 15.1. The molecule has 0 radical (unpaired) electrons. The molecule has 2 atom stereocenters. The standard InChI is InChI=1S/C25H22O2/c26-24(27)17-12-18-10-13-21(14-11-18)25-22-9-5-4-8-20(22)15-16-23(25)19-6-2-1-3-7-19/h1-14,17,23,25H,15-16H2,(H,26,27). The van der Waals surface area contributed by atoms with Crippen molar-refractivity contribution in [2.24, 2.45) is 0 Å². The van der Waals surface area contributed by atoms with Crippen molar-refractivity contribution in [1.82, 2.24) is 0 Å². The maximum Gasteiger partial charge on any atom is 0.328 e. The topological polar surface area (TPSA) is 37.3 Å². The number of aliphatic carboxylic acids is 1. The van der Waals surface area contributed by atoms with Gasteiger partial charge in [-0.15, -0.1) is 0 Å². The van der Waals surface area contributed by atoms with Crippen LogP contribution in [0.3, 0.4) is 0 Å². The van der Waals surface area contributed by atoms with E-state index in [0.29, 0.717) is 11.8 Å². The normalized spacial score (nSPS) is 19.0. The zero-order valence-corrected chi connectivity index (χ0v) is 15.1. The fraction of sp³-hybridized carbons (Fsp3) is 0.160. The van der Waals surface area contributed by atoms with Crippen molar-refractivity contribution in [2.45, 2.75) is 24.7 Å². The summed E-state index contributed by atoms with van der Waals surface area (Å²) in [5.41, 5.74) is 6.41. The number of hydrogen-bond acceptors (Lipinski definition) is 1. The van der Waals surface area contributed by atoms with Crippen LogP contribution in [-0.4, -0.2) is 11.1 Å². The van der Waals surface area contributed by atoms with Gasteiger partial charge in [-0.05, 0) is 52.7 Å². The number of aryl methyl sites for hydroxylation is 1. The van der Waals surface area contributed by atoms with Crippen molar-refractivity contribution in [1.29, 1.82) is 0 Å². The van der Waals surface area contributed by atoms with Gasteiger partial charge in [-0.2, -0.15) is 0 Å². The van der Waals surface area contributed by atoms with Gasteiger partial charge in [0, 0.05) is 12.0 Å². The number of carboxylic acid groups (broad SMARTS) is 1. The largest absolute Gasteiger partial charge is 0.478 e. The molecule has 27 heavy (non-hydrogen) atoms. The minimum atomic E-state index is -0.926. The molecule has 0 fully saturated rings. The lowest BCUT2D eigenvalue weighted by atomic mass is 9.69. The number of carbonyl (C=O) groups is 1. The third kappa shape index (κ3) is 3.70. The van der Waals surface area contributed by atoms with Crippen LogP contribution < -0.4 is 0 Å². The van der Waals surface area contributed by atoms with Crippen LogP contribution in [0.5, 0.6) is 0 Å². The minimum absolute atomic E-state index is 0.315. The first-order chi connectivity index (χ1) is 13.2. The predicted molar refractivity (Wildman–Crippen MR) is 109 cm³/mol. The Morgan fingerprint density at radius 2 is 1.56 bits per heavy atom. The Hall–Kier alpha value is -3.13. The molecule has 134 valence electrons. The van der Waals surface area contributed by atoms with Gasteiger partial charge in [-0.25, -0.2) is 4.79 Å². The predicted octanol–water partition coefficient (Wildman–Crippen LogP) is 5.65. The van der Waals surface area contributed by atoms with Crippen LogP contribution in [0.1, 0.15) is 46.1 Å². The van der Waals surface area contributed by atoms with Crippen molar-refractivity contribution in [3.05, 3.63) is 113 Å². The van der Waals surface area contributed by atoms with E-state index in [2.05, 4.69) is 66.7 Å². The Labute approximate surface area is 159 Å². The summed E-state index contributed by atoms with van der Waals surface area (Å²) >= 11 is 0. The third-order valence-electron chi connectivity index (χ3n) is 5.46. The molecular weight excluding hydrogens is 332 g/mol. The summed E-state index contributed by atoms with van der Waals surface area (Å²) in [6, 6.07) is 27.8. The lowest BCUT2D eigenvalue weighted by molar-refractivity contribution is -0.131. The van der Waals surface area contributed by atoms with Gasteiger partial charge in [-0.3, -0.25) is 0 Å². The highest BCUT2D eigenvalue weighted by Crippen LogP contribution is 2.46. The molecule has 0 saturated carbocycles. The third-order valence-corrected chi connectivity index (χ3v) is 5.46. The minimum Gasteiger partial charge on any atom is -0.478 e. The summed E-state index contributed by atoms with van der Waals surface area (Å²) in [6.07, 6.45) is 5.05. The van der Waals surface area contributed by atoms with Gasteiger partial charge < -0.3 is 5.11 Å². The van der Waals surface area contributed by atoms with Gasteiger partial charge in [0.25, 0.3) is 0 Å². The van der Waals surface area contributed by atoms with Crippen molar-refractivity contribution >= 4 is 12.0 Å². The molecule has 1 aliphatic rings. The SMILES string of the molecule is O=C(O)C=Cc1ccc(C2c3ccccc3CCC2c2ccccc2)cc1. The second-order valence-electron chi connectivity index (χ2n) is 7.07. The average Bonchev–Trinajstić information content (AvgIpc) is 2.72. The second-order valence-corrected chi connectivity index (χ2v) is 7.07. The number of fused-ring (bicyclic) bond motifs is 1. The van der Waals surface area contributed by atoms with E-state index in [9.17, 15) is 4.79 Å². The highest BCUT2D eigenvalue weighted by Gasteiger charge is 2.31. The summed E-state index contributed by atoms with van der Waals surface area (Å²) < 4.78 is 0. The molecule has 0 aromatic heterocycles. The molecule has 2 unspecified atom stereocenters. The van der Waals surface area contributed by atoms with Gasteiger partial charge in [0.2, 0.25) is 0 Å². The fourth-order valence-corrected chi connectivity index (χ4v) is 4.21. The van der Waals surface area contributed by atoms with Crippen molar-refractivity contribution < 1.29 is 9.90 Å². The zero-order chi connectivity index (χ0) is 18.6. The van der Waals surface area contributed by atoms with E-state index in [-0.39, 0.29) is 0 Å². The van der Waals surface area contributed by atoms with Crippen molar-refractivity contribution in [2.75, 3.05) is 0 Å². The van der Waals surface area contributed by atoms with Gasteiger partial charge in [-0.1, -0.05) is 78.9 Å². The summed E-state index contributed by atoms with van der Waals surface area (Å²) in [4.78, 5) is 10.7. The Balaban J connectivity index is 1.75. The van der Waals surface area contributed by atoms with Crippen LogP contribution in [0.4, 0.5) is 0 Å². The highest BCUT2D eigenvalue weighted by atomic mass is 16.4. The number of rotatable bonds is 4. The van der Waals surface area contributed by atoms with E-state index >= 15 is 0 Å². The Bertz CT molecular complexity index is 955. The van der Waals surface area contributed by atoms with Crippen LogP contribution >= 0.6 is 0 Å². The number of carboxylic acids is 1. The molecule has 0 saturated heterocycles. The van der Waals surface area contributed by atoms with Gasteiger partial charge in [0.05, 0.1) is 0 Å². The first-order valence-electron chi connectivity index (χ1n) is 9.36. The van der Waals surface area contributed by atoms with Gasteiger partial charge in [0.1, 0.15) is 0 Å². The molecule has 3 aromatic carbocycles. The summed E-state index contributed by atoms with van der Waals surface area (Å²) in [5, 5.41) is 8.82. The van der Waals surface area contributed by atoms with Crippen LogP contribution in [0.15, 0.2) is 84.9 Å². The molecular formula is C25H22O2. The lowest BCUT2D eigenvalue weighted by Crippen LogP contribution is -2.20. The van der Waals surface area contributed by atoms with Crippen molar-refractivity contribution in [3.8, 4) is 0 Å². The molecule has 1 aliphatic carbocycles. The Morgan fingerprint density at radius 3 is 2.30 bits per heavy atom.